The van der Waals surface area contributed by atoms with Crippen LogP contribution in [0.1, 0.15) is 46.1 Å². The van der Waals surface area contributed by atoms with Crippen molar-refractivity contribution in [3.8, 4) is 0 Å². The highest BCUT2D eigenvalue weighted by Crippen LogP contribution is 2.19. The number of carboxylic acids is 1. The van der Waals surface area contributed by atoms with Gasteiger partial charge in [-0.3, -0.25) is 14.4 Å². The smallest absolute Gasteiger partial charge is 0.326 e. The van der Waals surface area contributed by atoms with Gasteiger partial charge in [0.2, 0.25) is 17.7 Å². The summed E-state index contributed by atoms with van der Waals surface area (Å²) >= 11 is 4.16. The first kappa shape index (κ1) is 30.2. The number of hydrogen-bond donors (Lipinski definition) is 7. The number of H-pyrrole nitrogens is 1. The zero-order valence-corrected chi connectivity index (χ0v) is 22.7. The molecule has 11 heteroatoms. The Morgan fingerprint density at radius 1 is 0.892 bits per heavy atom. The summed E-state index contributed by atoms with van der Waals surface area (Å²) in [4.78, 5) is 53.4. The van der Waals surface area contributed by atoms with Gasteiger partial charge in [0.1, 0.15) is 18.1 Å². The molecule has 0 fully saturated rings. The number of carbonyl (C=O) groups is 4. The van der Waals surface area contributed by atoms with Gasteiger partial charge in [0.25, 0.3) is 0 Å². The van der Waals surface area contributed by atoms with E-state index in [2.05, 4.69) is 33.6 Å². The number of aromatic amines is 1. The average molecular weight is 534 g/mol. The molecule has 0 aliphatic carbocycles. The van der Waals surface area contributed by atoms with Crippen LogP contribution in [0.5, 0.6) is 0 Å². The molecule has 4 atom stereocenters. The first-order valence-corrected chi connectivity index (χ1v) is 13.1. The molecule has 1 aromatic heterocycles. The Bertz CT molecular complexity index is 1090. The minimum absolute atomic E-state index is 0.0459. The van der Waals surface area contributed by atoms with Gasteiger partial charge in [-0.1, -0.05) is 45.9 Å². The highest BCUT2D eigenvalue weighted by molar-refractivity contribution is 7.80. The summed E-state index contributed by atoms with van der Waals surface area (Å²) in [5, 5.41) is 18.2. The lowest BCUT2D eigenvalue weighted by Gasteiger charge is -2.25. The van der Waals surface area contributed by atoms with E-state index in [9.17, 15) is 24.3 Å². The van der Waals surface area contributed by atoms with Gasteiger partial charge in [-0.05, 0) is 42.7 Å². The molecule has 0 radical (unpaired) electrons. The lowest BCUT2D eigenvalue weighted by Crippen LogP contribution is -2.58. The summed E-state index contributed by atoms with van der Waals surface area (Å²) in [6, 6.07) is 3.72. The summed E-state index contributed by atoms with van der Waals surface area (Å²) in [7, 11) is 0. The molecule has 37 heavy (non-hydrogen) atoms. The topological polar surface area (TPSA) is 166 Å². The highest BCUT2D eigenvalue weighted by Gasteiger charge is 2.30. The Hall–Kier alpha value is -3.05. The lowest BCUT2D eigenvalue weighted by molar-refractivity contribution is -0.142. The molecule has 204 valence electrons. The number of thiol groups is 1. The molecule has 4 unspecified atom stereocenters. The molecule has 0 saturated carbocycles. The first-order chi connectivity index (χ1) is 17.4. The van der Waals surface area contributed by atoms with Crippen molar-refractivity contribution in [1.29, 1.82) is 0 Å². The van der Waals surface area contributed by atoms with Crippen LogP contribution in [0.4, 0.5) is 0 Å². The first-order valence-electron chi connectivity index (χ1n) is 12.5. The third-order valence-electron chi connectivity index (χ3n) is 5.93. The summed E-state index contributed by atoms with van der Waals surface area (Å²) < 4.78 is 0. The molecule has 2 aromatic rings. The zero-order valence-electron chi connectivity index (χ0n) is 21.8. The zero-order chi connectivity index (χ0) is 27.7. The Kier molecular flexibility index (Phi) is 11.4. The van der Waals surface area contributed by atoms with E-state index in [0.717, 1.165) is 16.5 Å². The largest absolute Gasteiger partial charge is 0.480 e. The molecular formula is C26H39N5O5S. The van der Waals surface area contributed by atoms with Gasteiger partial charge < -0.3 is 31.8 Å². The minimum Gasteiger partial charge on any atom is -0.480 e. The maximum Gasteiger partial charge on any atom is 0.326 e. The second kappa shape index (κ2) is 14.0. The van der Waals surface area contributed by atoms with E-state index in [1.807, 2.05) is 58.2 Å². The predicted octanol–water partition coefficient (Wildman–Crippen LogP) is 1.60. The van der Waals surface area contributed by atoms with Gasteiger partial charge >= 0.3 is 5.97 Å². The fourth-order valence-electron chi connectivity index (χ4n) is 4.04. The van der Waals surface area contributed by atoms with Crippen LogP contribution in [0.25, 0.3) is 10.9 Å². The van der Waals surface area contributed by atoms with E-state index in [1.54, 1.807) is 0 Å². The number of nitrogens with one attached hydrogen (secondary N) is 4. The van der Waals surface area contributed by atoms with E-state index >= 15 is 0 Å². The third-order valence-corrected chi connectivity index (χ3v) is 6.29. The van der Waals surface area contributed by atoms with Crippen LogP contribution in [0, 0.1) is 11.8 Å². The minimum atomic E-state index is -1.15. The number of carboxylic acid groups (broad SMARTS) is 1. The number of aliphatic carboxylic acids is 1. The van der Waals surface area contributed by atoms with Gasteiger partial charge in [0.05, 0.1) is 6.04 Å². The lowest BCUT2D eigenvalue weighted by atomic mass is 10.0. The molecule has 1 aromatic carbocycles. The Morgan fingerprint density at radius 3 is 2.03 bits per heavy atom. The van der Waals surface area contributed by atoms with Crippen molar-refractivity contribution in [3.63, 3.8) is 0 Å². The van der Waals surface area contributed by atoms with Crippen LogP contribution >= 0.6 is 12.6 Å². The number of carbonyl (C=O) groups excluding carboxylic acids is 3. The number of rotatable bonds is 14. The van der Waals surface area contributed by atoms with Crippen molar-refractivity contribution in [2.75, 3.05) is 5.75 Å². The van der Waals surface area contributed by atoms with E-state index in [4.69, 9.17) is 5.73 Å². The van der Waals surface area contributed by atoms with Gasteiger partial charge in [0.15, 0.2) is 0 Å². The van der Waals surface area contributed by atoms with Crippen molar-refractivity contribution in [2.24, 2.45) is 17.6 Å². The molecule has 3 amide bonds. The van der Waals surface area contributed by atoms with E-state index < -0.39 is 47.9 Å². The monoisotopic (exact) mass is 533 g/mol. The predicted molar refractivity (Wildman–Crippen MR) is 146 cm³/mol. The van der Waals surface area contributed by atoms with Crippen molar-refractivity contribution in [2.45, 2.75) is 71.1 Å². The Labute approximate surface area is 222 Å². The van der Waals surface area contributed by atoms with Gasteiger partial charge in [-0.15, -0.1) is 0 Å². The normalized spacial score (nSPS) is 14.7. The fourth-order valence-corrected chi connectivity index (χ4v) is 4.30. The second-order valence-corrected chi connectivity index (χ2v) is 10.5. The van der Waals surface area contributed by atoms with Crippen LogP contribution in [-0.4, -0.2) is 63.7 Å². The number of benzene rings is 1. The molecule has 10 nitrogen and oxygen atoms in total. The summed E-state index contributed by atoms with van der Waals surface area (Å²) in [6.45, 7) is 7.51. The highest BCUT2D eigenvalue weighted by atomic mass is 32.1. The van der Waals surface area contributed by atoms with Crippen LogP contribution < -0.4 is 21.7 Å². The van der Waals surface area contributed by atoms with E-state index in [0.29, 0.717) is 6.42 Å². The van der Waals surface area contributed by atoms with Gasteiger partial charge in [-0.25, -0.2) is 4.79 Å². The number of para-hydroxylation sites is 1. The molecule has 0 saturated heterocycles. The number of amides is 3. The molecule has 1 heterocycles. The summed E-state index contributed by atoms with van der Waals surface area (Å²) in [5.41, 5.74) is 8.02. The number of fused-ring (bicyclic) bond motifs is 1. The van der Waals surface area contributed by atoms with Crippen molar-refractivity contribution >= 4 is 47.2 Å². The second-order valence-electron chi connectivity index (χ2n) is 10.1. The van der Waals surface area contributed by atoms with Gasteiger partial charge in [0, 0.05) is 22.9 Å². The SMILES string of the molecule is CC(C)CC(NC(=O)C(CS)NC(=O)C(CC(C)C)NC(=O)C(N)Cc1c[nH]c2ccccc12)C(=O)O. The Morgan fingerprint density at radius 2 is 1.43 bits per heavy atom. The maximum atomic E-state index is 13.1. The molecule has 2 rings (SSSR count). The Balaban J connectivity index is 2.06. The summed E-state index contributed by atoms with van der Waals surface area (Å²) in [6.07, 6.45) is 2.66. The fraction of sp³-hybridized carbons (Fsp3) is 0.538. The molecule has 0 aliphatic heterocycles. The molecule has 0 aliphatic rings. The average Bonchev–Trinajstić information content (AvgIpc) is 3.23. The van der Waals surface area contributed by atoms with Crippen LogP contribution in [0.3, 0.4) is 0 Å². The number of hydrogen-bond acceptors (Lipinski definition) is 6. The molecular weight excluding hydrogens is 494 g/mol. The third kappa shape index (κ3) is 9.08. The number of nitrogens with two attached hydrogens (primary N) is 1. The maximum absolute atomic E-state index is 13.1. The molecule has 7 N–H and O–H groups in total. The molecule has 0 spiro atoms. The van der Waals surface area contributed by atoms with Crippen LogP contribution in [0.15, 0.2) is 30.5 Å². The number of aromatic nitrogens is 1. The van der Waals surface area contributed by atoms with Crippen molar-refractivity contribution in [1.82, 2.24) is 20.9 Å². The van der Waals surface area contributed by atoms with Gasteiger partial charge in [-0.2, -0.15) is 12.6 Å². The van der Waals surface area contributed by atoms with E-state index in [1.165, 1.54) is 0 Å². The summed E-state index contributed by atoms with van der Waals surface area (Å²) in [5.74, 6) is -2.79. The molecule has 0 bridgehead atoms. The van der Waals surface area contributed by atoms with Crippen molar-refractivity contribution in [3.05, 3.63) is 36.0 Å². The quantitative estimate of drug-likeness (QED) is 0.182. The van der Waals surface area contributed by atoms with E-state index in [-0.39, 0.29) is 30.4 Å². The van der Waals surface area contributed by atoms with Crippen LogP contribution in [-0.2, 0) is 25.6 Å². The van der Waals surface area contributed by atoms with Crippen LogP contribution in [0.2, 0.25) is 0 Å². The standard InChI is InChI=1S/C26H39N5O5S/c1-14(2)9-20(24(33)31-22(13-37)25(34)30-21(26(35)36)10-15(3)4)29-23(32)18(27)11-16-12-28-19-8-6-5-7-17(16)19/h5-8,12,14-15,18,20-22,28,37H,9-11,13,27H2,1-4H3,(H,29,32)(H,30,34)(H,31,33)(H,35,36). The van der Waals surface area contributed by atoms with Crippen molar-refractivity contribution < 1.29 is 24.3 Å².